The van der Waals surface area contributed by atoms with Gasteiger partial charge in [-0.25, -0.2) is 0 Å². The Labute approximate surface area is 116 Å². The fourth-order valence-corrected chi connectivity index (χ4v) is 2.28. The monoisotopic (exact) mass is 266 g/mol. The van der Waals surface area contributed by atoms with Crippen LogP contribution < -0.4 is 15.2 Å². The van der Waals surface area contributed by atoms with Crippen molar-refractivity contribution >= 4 is 0 Å². The summed E-state index contributed by atoms with van der Waals surface area (Å²) >= 11 is 0. The van der Waals surface area contributed by atoms with Gasteiger partial charge in [0.05, 0.1) is 19.8 Å². The van der Waals surface area contributed by atoms with Crippen molar-refractivity contribution in [2.24, 2.45) is 11.7 Å². The van der Waals surface area contributed by atoms with E-state index in [2.05, 4.69) is 18.7 Å². The highest BCUT2D eigenvalue weighted by Crippen LogP contribution is 2.36. The van der Waals surface area contributed by atoms with Crippen molar-refractivity contribution < 1.29 is 9.47 Å². The largest absolute Gasteiger partial charge is 0.497 e. The van der Waals surface area contributed by atoms with Crippen molar-refractivity contribution in [1.82, 2.24) is 4.90 Å². The molecule has 2 N–H and O–H groups in total. The van der Waals surface area contributed by atoms with E-state index >= 15 is 0 Å². The van der Waals surface area contributed by atoms with E-state index in [0.29, 0.717) is 0 Å². The molecule has 19 heavy (non-hydrogen) atoms. The number of benzene rings is 1. The molecule has 1 aromatic carbocycles. The fraction of sp³-hybridized carbons (Fsp3) is 0.600. The predicted molar refractivity (Wildman–Crippen MR) is 78.8 cm³/mol. The second-order valence-corrected chi connectivity index (χ2v) is 5.50. The molecule has 4 nitrogen and oxygen atoms in total. The lowest BCUT2D eigenvalue weighted by molar-refractivity contribution is 0.217. The van der Waals surface area contributed by atoms with Gasteiger partial charge in [0.2, 0.25) is 0 Å². The van der Waals surface area contributed by atoms with Gasteiger partial charge in [0, 0.05) is 12.1 Å². The molecule has 0 aliphatic carbocycles. The summed E-state index contributed by atoms with van der Waals surface area (Å²) in [7, 11) is 7.38. The number of nitrogens with zero attached hydrogens (tertiary/aromatic N) is 1. The molecule has 1 rings (SSSR count). The first kappa shape index (κ1) is 15.8. The first-order chi connectivity index (χ1) is 8.85. The quantitative estimate of drug-likeness (QED) is 0.856. The Bertz CT molecular complexity index is 419. The number of likely N-dealkylation sites (N-methyl/N-ethyl adjacent to an activating group) is 1. The van der Waals surface area contributed by atoms with Gasteiger partial charge < -0.3 is 20.1 Å². The van der Waals surface area contributed by atoms with Gasteiger partial charge in [-0.1, -0.05) is 13.8 Å². The van der Waals surface area contributed by atoms with E-state index in [4.69, 9.17) is 15.2 Å². The van der Waals surface area contributed by atoms with Crippen LogP contribution in [0, 0.1) is 5.92 Å². The second-order valence-electron chi connectivity index (χ2n) is 5.50. The maximum atomic E-state index is 6.69. The maximum absolute atomic E-state index is 6.69. The Kier molecular flexibility index (Phi) is 5.20. The third kappa shape index (κ3) is 3.39. The van der Waals surface area contributed by atoms with Crippen molar-refractivity contribution in [2.75, 3.05) is 34.9 Å². The fourth-order valence-electron chi connectivity index (χ4n) is 2.28. The average Bonchev–Trinajstić information content (AvgIpc) is 2.36. The Morgan fingerprint density at radius 1 is 1.21 bits per heavy atom. The Balaban J connectivity index is 3.35. The van der Waals surface area contributed by atoms with Crippen LogP contribution in [0.2, 0.25) is 0 Å². The van der Waals surface area contributed by atoms with Crippen LogP contribution in [0.4, 0.5) is 0 Å². The molecule has 4 heteroatoms. The molecule has 0 bridgehead atoms. The van der Waals surface area contributed by atoms with E-state index in [-0.39, 0.29) is 5.92 Å². The van der Waals surface area contributed by atoms with Crippen molar-refractivity contribution in [3.8, 4) is 11.5 Å². The van der Waals surface area contributed by atoms with E-state index in [1.54, 1.807) is 14.2 Å². The molecule has 0 spiro atoms. The molecule has 0 aliphatic heterocycles. The number of hydrogen-bond acceptors (Lipinski definition) is 4. The molecule has 1 atom stereocenters. The van der Waals surface area contributed by atoms with E-state index in [0.717, 1.165) is 23.6 Å². The van der Waals surface area contributed by atoms with Crippen molar-refractivity contribution in [3.05, 3.63) is 23.8 Å². The van der Waals surface area contributed by atoms with Gasteiger partial charge in [-0.15, -0.1) is 0 Å². The molecule has 0 fully saturated rings. The van der Waals surface area contributed by atoms with E-state index in [9.17, 15) is 0 Å². The number of hydrogen-bond donors (Lipinski definition) is 1. The van der Waals surface area contributed by atoms with Crippen molar-refractivity contribution in [3.63, 3.8) is 0 Å². The summed E-state index contributed by atoms with van der Waals surface area (Å²) in [6, 6.07) is 5.77. The normalized spacial score (nSPS) is 14.6. The Morgan fingerprint density at radius 2 is 1.84 bits per heavy atom. The summed E-state index contributed by atoms with van der Waals surface area (Å²) in [6.07, 6.45) is 0. The minimum absolute atomic E-state index is 0.274. The summed E-state index contributed by atoms with van der Waals surface area (Å²) in [5.74, 6) is 1.87. The van der Waals surface area contributed by atoms with Crippen molar-refractivity contribution in [2.45, 2.75) is 19.4 Å². The average molecular weight is 266 g/mol. The van der Waals surface area contributed by atoms with Crippen molar-refractivity contribution in [1.29, 1.82) is 0 Å². The van der Waals surface area contributed by atoms with Crippen LogP contribution in [0.15, 0.2) is 18.2 Å². The highest BCUT2D eigenvalue weighted by molar-refractivity contribution is 5.45. The SMILES string of the molecule is COc1ccc(OC)c(C(N)(CN(C)C)C(C)C)c1. The number of nitrogens with two attached hydrogens (primary N) is 1. The summed E-state index contributed by atoms with van der Waals surface area (Å²) in [5.41, 5.74) is 7.19. The topological polar surface area (TPSA) is 47.7 Å². The van der Waals surface area contributed by atoms with Gasteiger partial charge >= 0.3 is 0 Å². The zero-order valence-corrected chi connectivity index (χ0v) is 12.9. The van der Waals surface area contributed by atoms with Gasteiger partial charge in [-0.3, -0.25) is 0 Å². The molecule has 0 heterocycles. The van der Waals surface area contributed by atoms with Gasteiger partial charge in [-0.2, -0.15) is 0 Å². The molecule has 108 valence electrons. The lowest BCUT2D eigenvalue weighted by Crippen LogP contribution is -2.49. The maximum Gasteiger partial charge on any atom is 0.124 e. The number of rotatable bonds is 6. The summed E-state index contributed by atoms with van der Waals surface area (Å²) < 4.78 is 10.8. The number of ether oxygens (including phenoxy) is 2. The molecule has 0 saturated heterocycles. The molecule has 0 radical (unpaired) electrons. The van der Waals surface area contributed by atoms with Crippen LogP contribution in [-0.2, 0) is 5.54 Å². The van der Waals surface area contributed by atoms with E-state index in [1.807, 2.05) is 32.3 Å². The summed E-state index contributed by atoms with van der Waals surface area (Å²) in [6.45, 7) is 5.00. The summed E-state index contributed by atoms with van der Waals surface area (Å²) in [4.78, 5) is 2.10. The zero-order chi connectivity index (χ0) is 14.6. The molecule has 0 saturated carbocycles. The third-order valence-corrected chi connectivity index (χ3v) is 3.52. The van der Waals surface area contributed by atoms with Gasteiger partial charge in [0.1, 0.15) is 11.5 Å². The molecule has 0 amide bonds. The van der Waals surface area contributed by atoms with Crippen LogP contribution in [0.3, 0.4) is 0 Å². The van der Waals surface area contributed by atoms with Crippen LogP contribution in [-0.4, -0.2) is 39.8 Å². The molecular weight excluding hydrogens is 240 g/mol. The van der Waals surface area contributed by atoms with Crippen LogP contribution in [0.25, 0.3) is 0 Å². The molecule has 0 aromatic heterocycles. The minimum atomic E-state index is -0.483. The lowest BCUT2D eigenvalue weighted by atomic mass is 9.79. The Morgan fingerprint density at radius 3 is 2.26 bits per heavy atom. The van der Waals surface area contributed by atoms with E-state index in [1.165, 1.54) is 0 Å². The highest BCUT2D eigenvalue weighted by atomic mass is 16.5. The molecule has 1 aromatic rings. The van der Waals surface area contributed by atoms with Crippen LogP contribution in [0.5, 0.6) is 11.5 Å². The molecule has 1 unspecified atom stereocenters. The summed E-state index contributed by atoms with van der Waals surface area (Å²) in [5, 5.41) is 0. The second kappa shape index (κ2) is 6.26. The molecular formula is C15H26N2O2. The third-order valence-electron chi connectivity index (χ3n) is 3.52. The van der Waals surface area contributed by atoms with Crippen LogP contribution in [0.1, 0.15) is 19.4 Å². The van der Waals surface area contributed by atoms with Gasteiger partial charge in [0.15, 0.2) is 0 Å². The lowest BCUT2D eigenvalue weighted by Gasteiger charge is -2.37. The molecule has 0 aliphatic rings. The van der Waals surface area contributed by atoms with Crippen LogP contribution >= 0.6 is 0 Å². The minimum Gasteiger partial charge on any atom is -0.497 e. The Hall–Kier alpha value is -1.26. The standard InChI is InChI=1S/C15H26N2O2/c1-11(2)15(16,10-17(3)4)13-9-12(18-5)7-8-14(13)19-6/h7-9,11H,10,16H2,1-6H3. The van der Waals surface area contributed by atoms with Gasteiger partial charge in [-0.05, 0) is 38.2 Å². The zero-order valence-electron chi connectivity index (χ0n) is 12.9. The first-order valence-electron chi connectivity index (χ1n) is 6.51. The highest BCUT2D eigenvalue weighted by Gasteiger charge is 2.34. The van der Waals surface area contributed by atoms with E-state index < -0.39 is 5.54 Å². The van der Waals surface area contributed by atoms with Gasteiger partial charge in [0.25, 0.3) is 0 Å². The number of methoxy groups -OCH3 is 2. The smallest absolute Gasteiger partial charge is 0.124 e. The predicted octanol–water partition coefficient (Wildman–Crippen LogP) is 2.08. The first-order valence-corrected chi connectivity index (χ1v) is 6.51.